The topological polar surface area (TPSA) is 87.7 Å². The van der Waals surface area contributed by atoms with Crippen molar-refractivity contribution >= 4 is 12.0 Å². The van der Waals surface area contributed by atoms with Gasteiger partial charge in [0.1, 0.15) is 6.04 Å². The third-order valence-corrected chi connectivity index (χ3v) is 4.22. The summed E-state index contributed by atoms with van der Waals surface area (Å²) in [7, 11) is 1.66. The van der Waals surface area contributed by atoms with Gasteiger partial charge in [-0.05, 0) is 12.8 Å². The Bertz CT molecular complexity index is 357. The van der Waals surface area contributed by atoms with Crippen molar-refractivity contribution in [3.05, 3.63) is 0 Å². The fraction of sp³-hybridized carbons (Fsp3) is 0.857. The Kier molecular flexibility index (Phi) is 5.80. The summed E-state index contributed by atoms with van der Waals surface area (Å²) in [5.41, 5.74) is -0.131. The molecule has 0 heterocycles. The van der Waals surface area contributed by atoms with E-state index in [-0.39, 0.29) is 17.6 Å². The molecule has 6 nitrogen and oxygen atoms in total. The summed E-state index contributed by atoms with van der Waals surface area (Å²) >= 11 is 0. The van der Waals surface area contributed by atoms with E-state index in [1.165, 1.54) is 0 Å². The molecule has 2 amide bonds. The zero-order valence-corrected chi connectivity index (χ0v) is 12.7. The number of nitrogens with one attached hydrogen (secondary N) is 2. The van der Waals surface area contributed by atoms with Gasteiger partial charge in [0.05, 0.1) is 6.10 Å². The first-order chi connectivity index (χ1) is 9.32. The van der Waals surface area contributed by atoms with Crippen LogP contribution in [0, 0.1) is 5.41 Å². The molecule has 0 bridgehead atoms. The Morgan fingerprint density at radius 2 is 2.10 bits per heavy atom. The van der Waals surface area contributed by atoms with Gasteiger partial charge in [-0.1, -0.05) is 33.6 Å². The summed E-state index contributed by atoms with van der Waals surface area (Å²) in [6, 6.07) is -1.23. The SMILES string of the molecule is CCCCC(NC(=O)NC1CC(OC)C1(C)C)C(=O)O. The quantitative estimate of drug-likeness (QED) is 0.665. The largest absolute Gasteiger partial charge is 0.480 e. The van der Waals surface area contributed by atoms with Gasteiger partial charge in [0.2, 0.25) is 0 Å². The van der Waals surface area contributed by atoms with E-state index >= 15 is 0 Å². The van der Waals surface area contributed by atoms with Gasteiger partial charge >= 0.3 is 12.0 Å². The maximum atomic E-state index is 11.9. The van der Waals surface area contributed by atoms with E-state index < -0.39 is 18.0 Å². The van der Waals surface area contributed by atoms with Crippen molar-refractivity contribution in [2.24, 2.45) is 5.41 Å². The molecule has 0 spiro atoms. The Labute approximate surface area is 120 Å². The second kappa shape index (κ2) is 6.92. The van der Waals surface area contributed by atoms with E-state index in [2.05, 4.69) is 10.6 Å². The fourth-order valence-electron chi connectivity index (χ4n) is 2.55. The van der Waals surface area contributed by atoms with Gasteiger partial charge in [-0.3, -0.25) is 0 Å². The Morgan fingerprint density at radius 1 is 1.45 bits per heavy atom. The monoisotopic (exact) mass is 286 g/mol. The van der Waals surface area contributed by atoms with Crippen LogP contribution < -0.4 is 10.6 Å². The number of aliphatic carboxylic acids is 1. The van der Waals surface area contributed by atoms with Crippen molar-refractivity contribution in [3.63, 3.8) is 0 Å². The number of hydrogen-bond acceptors (Lipinski definition) is 3. The van der Waals surface area contributed by atoms with Crippen molar-refractivity contribution in [1.29, 1.82) is 0 Å². The summed E-state index contributed by atoms with van der Waals surface area (Å²) in [4.78, 5) is 23.0. The fourth-order valence-corrected chi connectivity index (χ4v) is 2.55. The van der Waals surface area contributed by atoms with Crippen LogP contribution in [0.4, 0.5) is 4.79 Å². The van der Waals surface area contributed by atoms with Gasteiger partial charge in [-0.15, -0.1) is 0 Å². The van der Waals surface area contributed by atoms with Crippen LogP contribution in [0.3, 0.4) is 0 Å². The molecule has 116 valence electrons. The Balaban J connectivity index is 2.45. The highest BCUT2D eigenvalue weighted by molar-refractivity contribution is 5.82. The minimum Gasteiger partial charge on any atom is -0.480 e. The standard InChI is InChI=1S/C14H26N2O4/c1-5-6-7-9(12(17)18)15-13(19)16-10-8-11(20-4)14(10,2)3/h9-11H,5-8H2,1-4H3,(H,17,18)(H2,15,16,19). The van der Waals surface area contributed by atoms with Gasteiger partial charge < -0.3 is 20.5 Å². The first-order valence-corrected chi connectivity index (χ1v) is 7.15. The number of carbonyl (C=O) groups is 2. The Hall–Kier alpha value is -1.30. The number of urea groups is 1. The highest BCUT2D eigenvalue weighted by atomic mass is 16.5. The average molecular weight is 286 g/mol. The maximum Gasteiger partial charge on any atom is 0.326 e. The number of amides is 2. The van der Waals surface area contributed by atoms with E-state index in [1.54, 1.807) is 7.11 Å². The van der Waals surface area contributed by atoms with Crippen molar-refractivity contribution in [3.8, 4) is 0 Å². The van der Waals surface area contributed by atoms with Crippen LogP contribution >= 0.6 is 0 Å². The second-order valence-electron chi connectivity index (χ2n) is 5.98. The van der Waals surface area contributed by atoms with E-state index in [4.69, 9.17) is 9.84 Å². The lowest BCUT2D eigenvalue weighted by Crippen LogP contribution is -2.63. The number of hydrogen-bond donors (Lipinski definition) is 3. The first-order valence-electron chi connectivity index (χ1n) is 7.15. The summed E-state index contributed by atoms with van der Waals surface area (Å²) in [5, 5.41) is 14.4. The number of carboxylic acids is 1. The van der Waals surface area contributed by atoms with E-state index in [0.717, 1.165) is 19.3 Å². The van der Waals surface area contributed by atoms with Crippen LogP contribution in [0.1, 0.15) is 46.5 Å². The molecule has 3 N–H and O–H groups in total. The number of rotatable bonds is 7. The number of ether oxygens (including phenoxy) is 1. The van der Waals surface area contributed by atoms with E-state index in [1.807, 2.05) is 20.8 Å². The van der Waals surface area contributed by atoms with Gasteiger partial charge in [-0.25, -0.2) is 9.59 Å². The third-order valence-electron chi connectivity index (χ3n) is 4.22. The lowest BCUT2D eigenvalue weighted by Gasteiger charge is -2.51. The molecule has 0 aliphatic heterocycles. The van der Waals surface area contributed by atoms with Gasteiger partial charge in [0, 0.05) is 18.6 Å². The average Bonchev–Trinajstić information content (AvgIpc) is 2.38. The van der Waals surface area contributed by atoms with E-state index in [0.29, 0.717) is 6.42 Å². The van der Waals surface area contributed by atoms with E-state index in [9.17, 15) is 9.59 Å². The minimum absolute atomic E-state index is 0.00747. The van der Waals surface area contributed by atoms with Crippen LogP contribution in [0.2, 0.25) is 0 Å². The maximum absolute atomic E-state index is 11.9. The number of unbranched alkanes of at least 4 members (excludes halogenated alkanes) is 1. The van der Waals surface area contributed by atoms with Gasteiger partial charge in [0.15, 0.2) is 0 Å². The first kappa shape index (κ1) is 16.8. The molecule has 0 saturated heterocycles. The lowest BCUT2D eigenvalue weighted by molar-refractivity contribution is -0.139. The lowest BCUT2D eigenvalue weighted by atomic mass is 9.64. The molecule has 0 aromatic heterocycles. The molecule has 1 aliphatic carbocycles. The van der Waals surface area contributed by atoms with Gasteiger partial charge in [0.25, 0.3) is 0 Å². The number of methoxy groups -OCH3 is 1. The zero-order valence-electron chi connectivity index (χ0n) is 12.7. The van der Waals surface area contributed by atoms with Crippen molar-refractivity contribution in [1.82, 2.24) is 10.6 Å². The molecule has 1 fully saturated rings. The molecule has 0 radical (unpaired) electrons. The summed E-state index contributed by atoms with van der Waals surface area (Å²) in [6.45, 7) is 6.05. The third kappa shape index (κ3) is 3.85. The van der Waals surface area contributed by atoms with Crippen LogP contribution in [0.15, 0.2) is 0 Å². The molecule has 3 unspecified atom stereocenters. The predicted molar refractivity (Wildman–Crippen MR) is 75.6 cm³/mol. The molecular formula is C14H26N2O4. The number of carbonyl (C=O) groups excluding carboxylic acids is 1. The van der Waals surface area contributed by atoms with Crippen molar-refractivity contribution < 1.29 is 19.4 Å². The number of carboxylic acid groups (broad SMARTS) is 1. The minimum atomic E-state index is -0.990. The smallest absolute Gasteiger partial charge is 0.326 e. The Morgan fingerprint density at radius 3 is 2.55 bits per heavy atom. The highest BCUT2D eigenvalue weighted by Crippen LogP contribution is 2.42. The molecule has 1 saturated carbocycles. The van der Waals surface area contributed by atoms with Crippen LogP contribution in [0.5, 0.6) is 0 Å². The zero-order chi connectivity index (χ0) is 15.3. The van der Waals surface area contributed by atoms with Crippen molar-refractivity contribution in [2.45, 2.75) is 64.6 Å². The normalized spacial score (nSPS) is 25.4. The van der Waals surface area contributed by atoms with Gasteiger partial charge in [-0.2, -0.15) is 0 Å². The van der Waals surface area contributed by atoms with Crippen LogP contribution in [0.25, 0.3) is 0 Å². The molecule has 0 aromatic carbocycles. The summed E-state index contributed by atoms with van der Waals surface area (Å²) < 4.78 is 5.32. The molecule has 1 aliphatic rings. The predicted octanol–water partition coefficient (Wildman–Crippen LogP) is 1.74. The molecular weight excluding hydrogens is 260 g/mol. The van der Waals surface area contributed by atoms with Crippen LogP contribution in [-0.2, 0) is 9.53 Å². The second-order valence-corrected chi connectivity index (χ2v) is 5.98. The molecule has 6 heteroatoms. The summed E-state index contributed by atoms with van der Waals surface area (Å²) in [5.74, 6) is -0.990. The van der Waals surface area contributed by atoms with Crippen LogP contribution in [-0.4, -0.2) is 42.4 Å². The molecule has 20 heavy (non-hydrogen) atoms. The summed E-state index contributed by atoms with van der Waals surface area (Å²) in [6.07, 6.45) is 3.01. The molecule has 3 atom stereocenters. The molecule has 0 aromatic rings. The van der Waals surface area contributed by atoms with Crippen molar-refractivity contribution in [2.75, 3.05) is 7.11 Å². The highest BCUT2D eigenvalue weighted by Gasteiger charge is 2.49. The molecule has 1 rings (SSSR count).